The van der Waals surface area contributed by atoms with E-state index in [2.05, 4.69) is 5.32 Å². The van der Waals surface area contributed by atoms with Gasteiger partial charge in [0.2, 0.25) is 5.91 Å². The Hall–Kier alpha value is -2.08. The lowest BCUT2D eigenvalue weighted by Gasteiger charge is -2.29. The molecule has 0 aliphatic heterocycles. The molecule has 6 nitrogen and oxygen atoms in total. The van der Waals surface area contributed by atoms with E-state index in [1.165, 1.54) is 0 Å². The largest absolute Gasteiger partial charge is 0.444 e. The Balaban J connectivity index is 2.90. The van der Waals surface area contributed by atoms with Gasteiger partial charge in [0.25, 0.3) is 0 Å². The number of amides is 2. The van der Waals surface area contributed by atoms with Gasteiger partial charge < -0.3 is 20.1 Å². The summed E-state index contributed by atoms with van der Waals surface area (Å²) in [5.74, 6) is -0.00551. The molecular formula is C20H32N2O4. The lowest BCUT2D eigenvalue weighted by atomic mass is 10.0. The van der Waals surface area contributed by atoms with Crippen LogP contribution in [0.2, 0.25) is 0 Å². The Bertz CT molecular complexity index is 567. The topological polar surface area (TPSA) is 78.9 Å². The van der Waals surface area contributed by atoms with Crippen LogP contribution >= 0.6 is 0 Å². The molecule has 0 bridgehead atoms. The molecule has 1 aromatic rings. The highest BCUT2D eigenvalue weighted by Crippen LogP contribution is 2.13. The number of ether oxygens (including phenoxy) is 1. The van der Waals surface area contributed by atoms with Crippen LogP contribution in [0.15, 0.2) is 30.3 Å². The van der Waals surface area contributed by atoms with Gasteiger partial charge in [0, 0.05) is 13.1 Å². The highest BCUT2D eigenvalue weighted by Gasteiger charge is 2.28. The minimum atomic E-state index is -0.694. The second-order valence-electron chi connectivity index (χ2n) is 7.80. The molecule has 6 heteroatoms. The molecule has 1 aromatic carbocycles. The lowest BCUT2D eigenvalue weighted by molar-refractivity contribution is -0.135. The Labute approximate surface area is 156 Å². The van der Waals surface area contributed by atoms with E-state index in [9.17, 15) is 14.7 Å². The van der Waals surface area contributed by atoms with Gasteiger partial charge >= 0.3 is 6.09 Å². The van der Waals surface area contributed by atoms with Crippen LogP contribution in [-0.4, -0.2) is 46.8 Å². The Morgan fingerprint density at radius 3 is 2.31 bits per heavy atom. The van der Waals surface area contributed by atoms with Crippen LogP contribution in [0.4, 0.5) is 4.79 Å². The number of aliphatic hydroxyl groups is 1. The number of rotatable bonds is 8. The van der Waals surface area contributed by atoms with E-state index in [0.29, 0.717) is 13.0 Å². The number of nitrogens with zero attached hydrogens (tertiary/aromatic N) is 1. The van der Waals surface area contributed by atoms with Gasteiger partial charge in [-0.1, -0.05) is 44.2 Å². The van der Waals surface area contributed by atoms with Gasteiger partial charge in [-0.25, -0.2) is 4.79 Å². The summed E-state index contributed by atoms with van der Waals surface area (Å²) in [5.41, 5.74) is 0.333. The van der Waals surface area contributed by atoms with Crippen molar-refractivity contribution in [3.05, 3.63) is 35.9 Å². The van der Waals surface area contributed by atoms with E-state index in [1.807, 2.05) is 44.2 Å². The lowest BCUT2D eigenvalue weighted by Crippen LogP contribution is -2.50. The molecule has 0 saturated heterocycles. The zero-order valence-electron chi connectivity index (χ0n) is 16.5. The molecule has 0 aromatic heterocycles. The summed E-state index contributed by atoms with van der Waals surface area (Å²) in [4.78, 5) is 26.7. The number of benzene rings is 1. The Morgan fingerprint density at radius 1 is 1.19 bits per heavy atom. The third-order valence-corrected chi connectivity index (χ3v) is 3.59. The molecule has 0 aliphatic rings. The summed E-state index contributed by atoms with van der Waals surface area (Å²) < 4.78 is 5.29. The van der Waals surface area contributed by atoms with Crippen molar-refractivity contribution in [3.8, 4) is 0 Å². The van der Waals surface area contributed by atoms with Gasteiger partial charge in [0.05, 0.1) is 6.61 Å². The molecular weight excluding hydrogens is 332 g/mol. The first-order chi connectivity index (χ1) is 12.1. The molecule has 1 rings (SSSR count). The smallest absolute Gasteiger partial charge is 0.408 e. The van der Waals surface area contributed by atoms with Gasteiger partial charge in [0.1, 0.15) is 11.6 Å². The number of carbonyl (C=O) groups is 2. The molecule has 0 aliphatic carbocycles. The van der Waals surface area contributed by atoms with Crippen LogP contribution in [0, 0.1) is 5.92 Å². The van der Waals surface area contributed by atoms with Gasteiger partial charge in [-0.05, 0) is 38.7 Å². The molecule has 2 N–H and O–H groups in total. The fourth-order valence-electron chi connectivity index (χ4n) is 2.55. The molecule has 2 amide bonds. The zero-order chi connectivity index (χ0) is 19.7. The Kier molecular flexibility index (Phi) is 8.58. The third kappa shape index (κ3) is 8.34. The predicted molar refractivity (Wildman–Crippen MR) is 102 cm³/mol. The van der Waals surface area contributed by atoms with Gasteiger partial charge in [0.15, 0.2) is 0 Å². The number of nitrogens with one attached hydrogen (secondary N) is 1. The van der Waals surface area contributed by atoms with E-state index >= 15 is 0 Å². The molecule has 0 unspecified atom stereocenters. The highest BCUT2D eigenvalue weighted by molar-refractivity contribution is 5.85. The summed E-state index contributed by atoms with van der Waals surface area (Å²) in [6.45, 7) is 9.76. The molecule has 26 heavy (non-hydrogen) atoms. The molecule has 0 fully saturated rings. The number of alkyl carbamates (subject to hydrolysis) is 1. The summed E-state index contributed by atoms with van der Waals surface area (Å²) >= 11 is 0. The quantitative estimate of drug-likeness (QED) is 0.743. The van der Waals surface area contributed by atoms with Crippen molar-refractivity contribution in [1.82, 2.24) is 10.2 Å². The van der Waals surface area contributed by atoms with Gasteiger partial charge in [-0.3, -0.25) is 4.79 Å². The maximum Gasteiger partial charge on any atom is 0.408 e. The van der Waals surface area contributed by atoms with Crippen molar-refractivity contribution >= 4 is 12.0 Å². The van der Waals surface area contributed by atoms with E-state index in [1.54, 1.807) is 25.7 Å². The van der Waals surface area contributed by atoms with Crippen LogP contribution in [0.25, 0.3) is 0 Å². The molecule has 0 spiro atoms. The number of aliphatic hydroxyl groups excluding tert-OH is 1. The van der Waals surface area contributed by atoms with E-state index in [0.717, 1.165) is 5.56 Å². The number of hydrogen-bond acceptors (Lipinski definition) is 4. The van der Waals surface area contributed by atoms with Crippen molar-refractivity contribution in [2.75, 3.05) is 13.2 Å². The molecule has 0 radical (unpaired) electrons. The van der Waals surface area contributed by atoms with E-state index < -0.39 is 17.7 Å². The summed E-state index contributed by atoms with van der Waals surface area (Å²) in [7, 11) is 0. The molecule has 1 atom stereocenters. The first-order valence-corrected chi connectivity index (χ1v) is 9.05. The average molecular weight is 364 g/mol. The van der Waals surface area contributed by atoms with Crippen molar-refractivity contribution in [1.29, 1.82) is 0 Å². The first-order valence-electron chi connectivity index (χ1n) is 9.05. The second-order valence-corrected chi connectivity index (χ2v) is 7.80. The first kappa shape index (κ1) is 22.0. The summed E-state index contributed by atoms with van der Waals surface area (Å²) in [5, 5.41) is 12.1. The maximum atomic E-state index is 13.0. The van der Waals surface area contributed by atoms with Crippen molar-refractivity contribution in [2.24, 2.45) is 5.92 Å². The standard InChI is InChI=1S/C20H32N2O4/c1-15(2)13-17(21-19(25)26-20(3,4)5)18(24)22(11-12-23)14-16-9-7-6-8-10-16/h6-10,15,17,23H,11-14H2,1-5H3,(H,21,25)/t17-/m0/s1. The predicted octanol–water partition coefficient (Wildman–Crippen LogP) is 2.95. The molecule has 146 valence electrons. The Morgan fingerprint density at radius 2 is 1.81 bits per heavy atom. The van der Waals surface area contributed by atoms with Crippen LogP contribution in [0.1, 0.15) is 46.6 Å². The van der Waals surface area contributed by atoms with Gasteiger partial charge in [-0.15, -0.1) is 0 Å². The number of carbonyl (C=O) groups excluding carboxylic acids is 2. The fraction of sp³-hybridized carbons (Fsp3) is 0.600. The molecule has 0 saturated carbocycles. The van der Waals surface area contributed by atoms with E-state index in [-0.39, 0.29) is 25.0 Å². The van der Waals surface area contributed by atoms with Crippen molar-refractivity contribution < 1.29 is 19.4 Å². The minimum Gasteiger partial charge on any atom is -0.444 e. The monoisotopic (exact) mass is 364 g/mol. The highest BCUT2D eigenvalue weighted by atomic mass is 16.6. The van der Waals surface area contributed by atoms with Crippen LogP contribution in [0.3, 0.4) is 0 Å². The SMILES string of the molecule is CC(C)C[C@H](NC(=O)OC(C)(C)C)C(=O)N(CCO)Cc1ccccc1. The summed E-state index contributed by atoms with van der Waals surface area (Å²) in [6, 6.07) is 8.88. The van der Waals surface area contributed by atoms with Crippen LogP contribution in [0.5, 0.6) is 0 Å². The normalized spacial score (nSPS) is 12.6. The molecule has 0 heterocycles. The zero-order valence-corrected chi connectivity index (χ0v) is 16.5. The maximum absolute atomic E-state index is 13.0. The second kappa shape index (κ2) is 10.2. The fourth-order valence-corrected chi connectivity index (χ4v) is 2.55. The number of hydrogen-bond donors (Lipinski definition) is 2. The van der Waals surface area contributed by atoms with Crippen molar-refractivity contribution in [3.63, 3.8) is 0 Å². The minimum absolute atomic E-state index is 0.139. The third-order valence-electron chi connectivity index (χ3n) is 3.59. The van der Waals surface area contributed by atoms with Gasteiger partial charge in [-0.2, -0.15) is 0 Å². The summed E-state index contributed by atoms with van der Waals surface area (Å²) in [6.07, 6.45) is -0.116. The van der Waals surface area contributed by atoms with Crippen LogP contribution < -0.4 is 5.32 Å². The average Bonchev–Trinajstić information content (AvgIpc) is 2.52. The van der Waals surface area contributed by atoms with Crippen molar-refractivity contribution in [2.45, 2.75) is 59.2 Å². The van der Waals surface area contributed by atoms with E-state index in [4.69, 9.17) is 4.74 Å². The van der Waals surface area contributed by atoms with Crippen LogP contribution in [-0.2, 0) is 16.1 Å².